The molecule has 1 atom stereocenters. The van der Waals surface area contributed by atoms with Crippen molar-refractivity contribution >= 4 is 21.4 Å². The minimum atomic E-state index is 0.274. The summed E-state index contributed by atoms with van der Waals surface area (Å²) in [5.41, 5.74) is 12.2. The molecule has 0 saturated heterocycles. The van der Waals surface area contributed by atoms with E-state index in [0.29, 0.717) is 5.92 Å². The summed E-state index contributed by atoms with van der Waals surface area (Å²) in [6.07, 6.45) is 2.49. The van der Waals surface area contributed by atoms with Gasteiger partial charge in [0.15, 0.2) is 0 Å². The third-order valence-electron chi connectivity index (χ3n) is 6.19. The summed E-state index contributed by atoms with van der Waals surface area (Å²) < 4.78 is 1.39. The number of likely N-dealkylation sites (N-methyl/N-ethyl adjacent to an activating group) is 1. The third-order valence-corrected chi connectivity index (χ3v) is 7.07. The molecule has 0 spiro atoms. The van der Waals surface area contributed by atoms with Crippen LogP contribution in [0.3, 0.4) is 0 Å². The van der Waals surface area contributed by atoms with Crippen molar-refractivity contribution in [1.29, 1.82) is 0 Å². The number of nitrogens with two attached hydrogens (primary N) is 1. The van der Waals surface area contributed by atoms with Gasteiger partial charge in [0, 0.05) is 35.7 Å². The molecule has 128 valence electrons. The molecule has 5 rings (SSSR count). The zero-order valence-electron chi connectivity index (χ0n) is 14.7. The van der Waals surface area contributed by atoms with Crippen LogP contribution in [0.5, 0.6) is 0 Å². The lowest BCUT2D eigenvalue weighted by molar-refractivity contribution is 0.295. The van der Waals surface area contributed by atoms with Crippen LogP contribution < -0.4 is 5.73 Å². The van der Waals surface area contributed by atoms with Crippen LogP contribution in [0, 0.1) is 0 Å². The molecule has 0 amide bonds. The fraction of sp³-hybridized carbons (Fsp3) is 0.364. The normalized spacial score (nSPS) is 22.1. The quantitative estimate of drug-likeness (QED) is 0.757. The Morgan fingerprint density at radius 1 is 1.16 bits per heavy atom. The van der Waals surface area contributed by atoms with Gasteiger partial charge in [0.2, 0.25) is 0 Å². The van der Waals surface area contributed by atoms with Crippen molar-refractivity contribution in [3.05, 3.63) is 70.1 Å². The molecule has 1 aliphatic carbocycles. The van der Waals surface area contributed by atoms with Gasteiger partial charge in [-0.15, -0.1) is 11.3 Å². The van der Waals surface area contributed by atoms with Gasteiger partial charge in [-0.2, -0.15) is 0 Å². The van der Waals surface area contributed by atoms with Crippen molar-refractivity contribution in [3.63, 3.8) is 0 Å². The van der Waals surface area contributed by atoms with Gasteiger partial charge in [-0.1, -0.05) is 30.3 Å². The summed E-state index contributed by atoms with van der Waals surface area (Å²) in [6.45, 7) is 2.91. The molecule has 1 fully saturated rings. The number of fused-ring (bicyclic) bond motifs is 2. The van der Waals surface area contributed by atoms with E-state index >= 15 is 0 Å². The molecule has 1 aromatic heterocycles. The van der Waals surface area contributed by atoms with Gasteiger partial charge < -0.3 is 10.6 Å². The molecular formula is C22H24N2S. The maximum atomic E-state index is 6.06. The molecule has 2 heterocycles. The van der Waals surface area contributed by atoms with E-state index in [4.69, 9.17) is 5.73 Å². The molecule has 2 aliphatic rings. The molecule has 2 aromatic carbocycles. The Morgan fingerprint density at radius 3 is 2.84 bits per heavy atom. The van der Waals surface area contributed by atoms with E-state index < -0.39 is 0 Å². The van der Waals surface area contributed by atoms with E-state index in [-0.39, 0.29) is 5.41 Å². The first kappa shape index (κ1) is 15.6. The Morgan fingerprint density at radius 2 is 2.04 bits per heavy atom. The Kier molecular flexibility index (Phi) is 3.53. The highest BCUT2D eigenvalue weighted by Crippen LogP contribution is 2.48. The summed E-state index contributed by atoms with van der Waals surface area (Å²) in [7, 11) is 2.24. The molecule has 3 aromatic rings. The largest absolute Gasteiger partial charge is 0.330 e. The number of thiophene rings is 1. The Balaban J connectivity index is 1.58. The standard InChI is InChI=1S/C22H24N2S/c1-24-12-17-10-18(22(14-23)7-8-22)4-5-19(17)20(13-24)16-3-2-15-6-9-25-21(15)11-16/h2-6,9-11,20H,7-8,12-14,23H2,1H3. The minimum absolute atomic E-state index is 0.274. The van der Waals surface area contributed by atoms with Crippen LogP contribution in [0.1, 0.15) is 41.0 Å². The lowest BCUT2D eigenvalue weighted by Gasteiger charge is -2.33. The predicted octanol–water partition coefficient (Wildman–Crippen LogP) is 4.47. The van der Waals surface area contributed by atoms with E-state index in [1.807, 2.05) is 11.3 Å². The Labute approximate surface area is 153 Å². The van der Waals surface area contributed by atoms with Crippen molar-refractivity contribution in [1.82, 2.24) is 4.90 Å². The number of hydrogen-bond donors (Lipinski definition) is 1. The maximum Gasteiger partial charge on any atom is 0.0345 e. The monoisotopic (exact) mass is 348 g/mol. The number of rotatable bonds is 3. The minimum Gasteiger partial charge on any atom is -0.330 e. The fourth-order valence-electron chi connectivity index (χ4n) is 4.41. The second-order valence-corrected chi connectivity index (χ2v) is 8.81. The molecule has 3 heteroatoms. The fourth-order valence-corrected chi connectivity index (χ4v) is 5.25. The molecule has 1 saturated carbocycles. The summed E-state index contributed by atoms with van der Waals surface area (Å²) in [4.78, 5) is 2.46. The molecule has 2 N–H and O–H groups in total. The topological polar surface area (TPSA) is 29.3 Å². The first-order valence-electron chi connectivity index (χ1n) is 9.18. The number of nitrogens with zero attached hydrogens (tertiary/aromatic N) is 1. The van der Waals surface area contributed by atoms with E-state index in [1.165, 1.54) is 45.2 Å². The lowest BCUT2D eigenvalue weighted by atomic mass is 9.82. The molecule has 1 unspecified atom stereocenters. The molecule has 25 heavy (non-hydrogen) atoms. The van der Waals surface area contributed by atoms with Crippen LogP contribution in [-0.4, -0.2) is 25.0 Å². The van der Waals surface area contributed by atoms with E-state index in [0.717, 1.165) is 19.6 Å². The van der Waals surface area contributed by atoms with Crippen molar-refractivity contribution in [3.8, 4) is 0 Å². The van der Waals surface area contributed by atoms with Crippen molar-refractivity contribution < 1.29 is 0 Å². The van der Waals surface area contributed by atoms with Gasteiger partial charge >= 0.3 is 0 Å². The van der Waals surface area contributed by atoms with Crippen LogP contribution >= 0.6 is 11.3 Å². The number of benzene rings is 2. The van der Waals surface area contributed by atoms with Crippen molar-refractivity contribution in [2.75, 3.05) is 20.1 Å². The van der Waals surface area contributed by atoms with Crippen molar-refractivity contribution in [2.45, 2.75) is 30.7 Å². The SMILES string of the molecule is CN1Cc2cc(C3(CN)CC3)ccc2C(c2ccc3ccsc3c2)C1. The third kappa shape index (κ3) is 2.53. The van der Waals surface area contributed by atoms with Gasteiger partial charge in [-0.05, 0) is 65.0 Å². The molecular weight excluding hydrogens is 324 g/mol. The average molecular weight is 349 g/mol. The molecule has 2 nitrogen and oxygen atoms in total. The van der Waals surface area contributed by atoms with Crippen LogP contribution in [-0.2, 0) is 12.0 Å². The molecule has 1 aliphatic heterocycles. The maximum absolute atomic E-state index is 6.06. The molecule has 0 bridgehead atoms. The highest BCUT2D eigenvalue weighted by atomic mass is 32.1. The van der Waals surface area contributed by atoms with Gasteiger partial charge in [0.1, 0.15) is 0 Å². The lowest BCUT2D eigenvalue weighted by Crippen LogP contribution is -2.31. The highest BCUT2D eigenvalue weighted by Gasteiger charge is 2.43. The van der Waals surface area contributed by atoms with Gasteiger partial charge in [-0.25, -0.2) is 0 Å². The van der Waals surface area contributed by atoms with Gasteiger partial charge in [-0.3, -0.25) is 0 Å². The predicted molar refractivity (Wildman–Crippen MR) is 106 cm³/mol. The van der Waals surface area contributed by atoms with Crippen LogP contribution in [0.2, 0.25) is 0 Å². The summed E-state index contributed by atoms with van der Waals surface area (Å²) in [5.74, 6) is 0.460. The Hall–Kier alpha value is -1.68. The summed E-state index contributed by atoms with van der Waals surface area (Å²) in [5, 5.41) is 3.54. The smallest absolute Gasteiger partial charge is 0.0345 e. The van der Waals surface area contributed by atoms with E-state index in [9.17, 15) is 0 Å². The van der Waals surface area contributed by atoms with Gasteiger partial charge in [0.05, 0.1) is 0 Å². The summed E-state index contributed by atoms with van der Waals surface area (Å²) >= 11 is 1.84. The van der Waals surface area contributed by atoms with Crippen LogP contribution in [0.25, 0.3) is 10.1 Å². The zero-order valence-corrected chi connectivity index (χ0v) is 15.5. The first-order chi connectivity index (χ1) is 12.2. The van der Waals surface area contributed by atoms with Crippen molar-refractivity contribution in [2.24, 2.45) is 5.73 Å². The van der Waals surface area contributed by atoms with E-state index in [1.54, 1.807) is 0 Å². The van der Waals surface area contributed by atoms with Crippen LogP contribution in [0.15, 0.2) is 47.8 Å². The Bertz CT molecular complexity index is 938. The molecule has 0 radical (unpaired) electrons. The highest BCUT2D eigenvalue weighted by molar-refractivity contribution is 7.17. The van der Waals surface area contributed by atoms with Gasteiger partial charge in [0.25, 0.3) is 0 Å². The van der Waals surface area contributed by atoms with E-state index in [2.05, 4.69) is 59.8 Å². The second kappa shape index (κ2) is 5.66. The average Bonchev–Trinajstić information content (AvgIpc) is 3.30. The number of hydrogen-bond acceptors (Lipinski definition) is 3. The first-order valence-corrected chi connectivity index (χ1v) is 10.1. The zero-order chi connectivity index (χ0) is 17.0. The summed E-state index contributed by atoms with van der Waals surface area (Å²) in [6, 6.07) is 16.4. The second-order valence-electron chi connectivity index (χ2n) is 7.87. The van der Waals surface area contributed by atoms with Crippen LogP contribution in [0.4, 0.5) is 0 Å².